The van der Waals surface area contributed by atoms with Gasteiger partial charge in [0.25, 0.3) is 0 Å². The van der Waals surface area contributed by atoms with Gasteiger partial charge in [0, 0.05) is 0 Å². The van der Waals surface area contributed by atoms with Gasteiger partial charge in [-0.2, -0.15) is 0 Å². The Morgan fingerprint density at radius 3 is 2.25 bits per heavy atom. The van der Waals surface area contributed by atoms with E-state index in [2.05, 4.69) is 63.2 Å². The molecular weight excluding hydrogens is 192 g/mol. The van der Waals surface area contributed by atoms with Gasteiger partial charge in [-0.1, -0.05) is 60.5 Å². The molecule has 0 saturated carbocycles. The molecule has 0 nitrogen and oxygen atoms in total. The van der Waals surface area contributed by atoms with E-state index in [1.165, 1.54) is 27.8 Å². The Morgan fingerprint density at radius 2 is 1.56 bits per heavy atom. The van der Waals surface area contributed by atoms with Crippen molar-refractivity contribution in [2.75, 3.05) is 0 Å². The molecule has 0 amide bonds. The van der Waals surface area contributed by atoms with Crippen molar-refractivity contribution >= 4 is 0 Å². The van der Waals surface area contributed by atoms with Gasteiger partial charge in [-0.25, -0.2) is 0 Å². The SMILES string of the molecule is CCc1cc(C)cc(-c2cccc(C)c2)c1. The van der Waals surface area contributed by atoms with Crippen molar-refractivity contribution in [3.05, 3.63) is 59.2 Å². The fourth-order valence-electron chi connectivity index (χ4n) is 2.06. The summed E-state index contributed by atoms with van der Waals surface area (Å²) in [5.74, 6) is 0. The van der Waals surface area contributed by atoms with Crippen LogP contribution in [0, 0.1) is 13.8 Å². The second-order valence-electron chi connectivity index (χ2n) is 4.43. The number of aryl methyl sites for hydroxylation is 3. The molecule has 0 heterocycles. The molecular formula is C16H18. The highest BCUT2D eigenvalue weighted by Gasteiger charge is 2.00. The summed E-state index contributed by atoms with van der Waals surface area (Å²) in [4.78, 5) is 0. The fraction of sp³-hybridized carbons (Fsp3) is 0.250. The number of hydrogen-bond donors (Lipinski definition) is 0. The van der Waals surface area contributed by atoms with Gasteiger partial charge >= 0.3 is 0 Å². The van der Waals surface area contributed by atoms with E-state index in [1.807, 2.05) is 0 Å². The first-order valence-corrected chi connectivity index (χ1v) is 5.86. The lowest BCUT2D eigenvalue weighted by atomic mass is 9.98. The van der Waals surface area contributed by atoms with E-state index in [1.54, 1.807) is 0 Å². The number of rotatable bonds is 2. The maximum Gasteiger partial charge on any atom is -0.0179 e. The molecule has 0 aliphatic carbocycles. The van der Waals surface area contributed by atoms with Crippen molar-refractivity contribution in [3.63, 3.8) is 0 Å². The van der Waals surface area contributed by atoms with Gasteiger partial charge < -0.3 is 0 Å². The molecule has 0 unspecified atom stereocenters. The standard InChI is InChI=1S/C16H18/c1-4-14-8-13(3)10-16(11-14)15-7-5-6-12(2)9-15/h5-11H,4H2,1-3H3. The summed E-state index contributed by atoms with van der Waals surface area (Å²) >= 11 is 0. The summed E-state index contributed by atoms with van der Waals surface area (Å²) in [5.41, 5.74) is 6.73. The third-order valence-electron chi connectivity index (χ3n) is 2.90. The van der Waals surface area contributed by atoms with E-state index in [9.17, 15) is 0 Å². The molecule has 0 aliphatic heterocycles. The third-order valence-corrected chi connectivity index (χ3v) is 2.90. The van der Waals surface area contributed by atoms with Crippen molar-refractivity contribution in [2.24, 2.45) is 0 Å². The maximum absolute atomic E-state index is 2.29. The number of hydrogen-bond acceptors (Lipinski definition) is 0. The van der Waals surface area contributed by atoms with Gasteiger partial charge in [0.15, 0.2) is 0 Å². The third kappa shape index (κ3) is 2.33. The quantitative estimate of drug-likeness (QED) is 0.683. The molecule has 0 saturated heterocycles. The Balaban J connectivity index is 2.51. The zero-order chi connectivity index (χ0) is 11.5. The predicted molar refractivity (Wildman–Crippen MR) is 70.7 cm³/mol. The Morgan fingerprint density at radius 1 is 0.812 bits per heavy atom. The minimum absolute atomic E-state index is 1.10. The molecule has 0 spiro atoms. The Labute approximate surface area is 97.9 Å². The van der Waals surface area contributed by atoms with Crippen molar-refractivity contribution in [3.8, 4) is 11.1 Å². The second kappa shape index (κ2) is 4.52. The van der Waals surface area contributed by atoms with Gasteiger partial charge in [0.1, 0.15) is 0 Å². The summed E-state index contributed by atoms with van der Waals surface area (Å²) in [6.45, 7) is 6.51. The summed E-state index contributed by atoms with van der Waals surface area (Å²) < 4.78 is 0. The smallest absolute Gasteiger partial charge is 0.0179 e. The fourth-order valence-corrected chi connectivity index (χ4v) is 2.06. The zero-order valence-corrected chi connectivity index (χ0v) is 10.2. The van der Waals surface area contributed by atoms with Crippen LogP contribution in [0.3, 0.4) is 0 Å². The van der Waals surface area contributed by atoms with Crippen LogP contribution in [-0.4, -0.2) is 0 Å². The van der Waals surface area contributed by atoms with Crippen LogP contribution in [0.15, 0.2) is 42.5 Å². The molecule has 0 heteroatoms. The van der Waals surface area contributed by atoms with Gasteiger partial charge in [-0.05, 0) is 37.0 Å². The van der Waals surface area contributed by atoms with Crippen LogP contribution in [-0.2, 0) is 6.42 Å². The molecule has 0 fully saturated rings. The number of benzene rings is 2. The lowest BCUT2D eigenvalue weighted by Crippen LogP contribution is -1.86. The lowest BCUT2D eigenvalue weighted by molar-refractivity contribution is 1.13. The lowest BCUT2D eigenvalue weighted by Gasteiger charge is -2.07. The summed E-state index contributed by atoms with van der Waals surface area (Å²) in [7, 11) is 0. The molecule has 82 valence electrons. The monoisotopic (exact) mass is 210 g/mol. The first kappa shape index (κ1) is 10.9. The predicted octanol–water partition coefficient (Wildman–Crippen LogP) is 4.53. The van der Waals surface area contributed by atoms with Crippen LogP contribution in [0.5, 0.6) is 0 Å². The highest BCUT2D eigenvalue weighted by atomic mass is 14.1. The van der Waals surface area contributed by atoms with Crippen LogP contribution >= 0.6 is 0 Å². The van der Waals surface area contributed by atoms with E-state index in [4.69, 9.17) is 0 Å². The molecule has 2 rings (SSSR count). The van der Waals surface area contributed by atoms with Crippen LogP contribution in [0.25, 0.3) is 11.1 Å². The first-order chi connectivity index (χ1) is 7.69. The van der Waals surface area contributed by atoms with Crippen LogP contribution in [0.2, 0.25) is 0 Å². The summed E-state index contributed by atoms with van der Waals surface area (Å²) in [6, 6.07) is 15.5. The highest BCUT2D eigenvalue weighted by molar-refractivity contribution is 5.65. The van der Waals surface area contributed by atoms with Crippen molar-refractivity contribution in [1.29, 1.82) is 0 Å². The van der Waals surface area contributed by atoms with Crippen molar-refractivity contribution < 1.29 is 0 Å². The topological polar surface area (TPSA) is 0 Å². The van der Waals surface area contributed by atoms with E-state index in [0.717, 1.165) is 6.42 Å². The summed E-state index contributed by atoms with van der Waals surface area (Å²) in [5, 5.41) is 0. The van der Waals surface area contributed by atoms with Crippen LogP contribution < -0.4 is 0 Å². The van der Waals surface area contributed by atoms with Crippen molar-refractivity contribution in [1.82, 2.24) is 0 Å². The summed E-state index contributed by atoms with van der Waals surface area (Å²) in [6.07, 6.45) is 1.10. The largest absolute Gasteiger partial charge is 0.0614 e. The van der Waals surface area contributed by atoms with Gasteiger partial charge in [-0.3, -0.25) is 0 Å². The molecule has 0 N–H and O–H groups in total. The molecule has 2 aromatic rings. The molecule has 0 bridgehead atoms. The van der Waals surface area contributed by atoms with Crippen molar-refractivity contribution in [2.45, 2.75) is 27.2 Å². The second-order valence-corrected chi connectivity index (χ2v) is 4.43. The average Bonchev–Trinajstić information content (AvgIpc) is 2.28. The van der Waals surface area contributed by atoms with E-state index < -0.39 is 0 Å². The molecule has 2 aromatic carbocycles. The normalized spacial score (nSPS) is 10.4. The minimum Gasteiger partial charge on any atom is -0.0614 e. The Kier molecular flexibility index (Phi) is 3.09. The highest BCUT2D eigenvalue weighted by Crippen LogP contribution is 2.23. The van der Waals surface area contributed by atoms with Gasteiger partial charge in [0.05, 0.1) is 0 Å². The van der Waals surface area contributed by atoms with Gasteiger partial charge in [-0.15, -0.1) is 0 Å². The minimum atomic E-state index is 1.10. The van der Waals surface area contributed by atoms with E-state index in [-0.39, 0.29) is 0 Å². The Hall–Kier alpha value is -1.56. The molecule has 0 radical (unpaired) electrons. The molecule has 16 heavy (non-hydrogen) atoms. The van der Waals surface area contributed by atoms with E-state index in [0.29, 0.717) is 0 Å². The van der Waals surface area contributed by atoms with Gasteiger partial charge in [0.2, 0.25) is 0 Å². The van der Waals surface area contributed by atoms with Crippen LogP contribution in [0.1, 0.15) is 23.6 Å². The molecule has 0 aromatic heterocycles. The molecule has 0 atom stereocenters. The van der Waals surface area contributed by atoms with Crippen LogP contribution in [0.4, 0.5) is 0 Å². The Bertz CT molecular complexity index is 495. The molecule has 0 aliphatic rings. The zero-order valence-electron chi connectivity index (χ0n) is 10.2. The first-order valence-electron chi connectivity index (χ1n) is 5.86. The van der Waals surface area contributed by atoms with E-state index >= 15 is 0 Å². The average molecular weight is 210 g/mol. The maximum atomic E-state index is 2.29.